The van der Waals surface area contributed by atoms with Gasteiger partial charge in [0.25, 0.3) is 0 Å². The molecule has 5 nitrogen and oxygen atoms in total. The van der Waals surface area contributed by atoms with E-state index in [-0.39, 0.29) is 6.42 Å². The summed E-state index contributed by atoms with van der Waals surface area (Å²) in [7, 11) is -4.49. The van der Waals surface area contributed by atoms with Crippen molar-refractivity contribution in [1.82, 2.24) is 5.32 Å². The van der Waals surface area contributed by atoms with Gasteiger partial charge in [-0.1, -0.05) is 60.7 Å². The molecular formula is C15H16NO4P. The van der Waals surface area contributed by atoms with Crippen molar-refractivity contribution in [2.75, 3.05) is 0 Å². The Morgan fingerprint density at radius 1 is 1.00 bits per heavy atom. The first-order valence-corrected chi connectivity index (χ1v) is 8.08. The third kappa shape index (κ3) is 4.53. The second-order valence-corrected chi connectivity index (χ2v) is 6.33. The molecule has 0 aromatic heterocycles. The van der Waals surface area contributed by atoms with Gasteiger partial charge in [-0.05, 0) is 11.1 Å². The van der Waals surface area contributed by atoms with Crippen LogP contribution in [0.4, 0.5) is 0 Å². The predicted molar refractivity (Wildman–Crippen MR) is 79.5 cm³/mol. The zero-order chi connectivity index (χ0) is 15.3. The van der Waals surface area contributed by atoms with Gasteiger partial charge in [0.1, 0.15) is 0 Å². The minimum Gasteiger partial charge on any atom is -0.338 e. The van der Waals surface area contributed by atoms with Crippen LogP contribution in [0.2, 0.25) is 0 Å². The molecule has 0 heterocycles. The maximum atomic E-state index is 12.0. The topological polar surface area (TPSA) is 86.6 Å². The summed E-state index contributed by atoms with van der Waals surface area (Å²) in [4.78, 5) is 30.9. The number of benzene rings is 2. The smallest absolute Gasteiger partial charge is 0.338 e. The van der Waals surface area contributed by atoms with Crippen molar-refractivity contribution < 1.29 is 19.1 Å². The van der Waals surface area contributed by atoms with E-state index >= 15 is 0 Å². The van der Waals surface area contributed by atoms with Crippen LogP contribution in [-0.4, -0.2) is 15.7 Å². The van der Waals surface area contributed by atoms with E-state index in [1.54, 1.807) is 54.6 Å². The van der Waals surface area contributed by atoms with E-state index in [0.717, 1.165) is 5.56 Å². The number of carbonyl (C=O) groups is 1. The van der Waals surface area contributed by atoms with Gasteiger partial charge in [0.05, 0.1) is 6.42 Å². The molecule has 110 valence electrons. The molecule has 0 bridgehead atoms. The molecule has 1 atom stereocenters. The summed E-state index contributed by atoms with van der Waals surface area (Å²) in [6, 6.07) is 17.3. The lowest BCUT2D eigenvalue weighted by Gasteiger charge is -2.20. The molecule has 0 saturated heterocycles. The summed E-state index contributed by atoms with van der Waals surface area (Å²) in [6.07, 6.45) is 0.0736. The van der Waals surface area contributed by atoms with Crippen molar-refractivity contribution in [3.63, 3.8) is 0 Å². The van der Waals surface area contributed by atoms with E-state index in [2.05, 4.69) is 5.32 Å². The molecule has 3 N–H and O–H groups in total. The standard InChI is InChI=1S/C15H16NO4P/c17-14(11-12-7-3-1-4-8-12)16-15(21(18,19)20)13-9-5-2-6-10-13/h1-10,15H,11H2,(H,16,17)(H2,18,19,20). The van der Waals surface area contributed by atoms with Crippen LogP contribution in [0.3, 0.4) is 0 Å². The number of hydrogen-bond acceptors (Lipinski definition) is 2. The molecule has 0 fully saturated rings. The molecule has 0 aliphatic heterocycles. The van der Waals surface area contributed by atoms with Gasteiger partial charge in [0.2, 0.25) is 5.91 Å². The van der Waals surface area contributed by atoms with Gasteiger partial charge in [-0.2, -0.15) is 0 Å². The van der Waals surface area contributed by atoms with Crippen LogP contribution in [0.5, 0.6) is 0 Å². The molecule has 21 heavy (non-hydrogen) atoms. The Labute approximate surface area is 122 Å². The molecule has 1 unspecified atom stereocenters. The Balaban J connectivity index is 2.13. The summed E-state index contributed by atoms with van der Waals surface area (Å²) in [5, 5.41) is 2.42. The molecule has 1 amide bonds. The Kier molecular flexibility index (Phi) is 4.91. The summed E-state index contributed by atoms with van der Waals surface area (Å²) in [6.45, 7) is 0. The first-order chi connectivity index (χ1) is 9.97. The van der Waals surface area contributed by atoms with E-state index in [0.29, 0.717) is 5.56 Å². The molecule has 0 aliphatic rings. The molecule has 0 aliphatic carbocycles. The van der Waals surface area contributed by atoms with E-state index in [1.807, 2.05) is 6.07 Å². The van der Waals surface area contributed by atoms with Crippen molar-refractivity contribution >= 4 is 13.5 Å². The average molecular weight is 305 g/mol. The number of rotatable bonds is 5. The van der Waals surface area contributed by atoms with Crippen LogP contribution in [0, 0.1) is 0 Å². The van der Waals surface area contributed by atoms with Gasteiger partial charge in [-0.3, -0.25) is 9.36 Å². The molecular weight excluding hydrogens is 289 g/mol. The van der Waals surface area contributed by atoms with Gasteiger partial charge in [0, 0.05) is 0 Å². The van der Waals surface area contributed by atoms with Crippen molar-refractivity contribution in [3.8, 4) is 0 Å². The normalized spacial score (nSPS) is 12.7. The van der Waals surface area contributed by atoms with Gasteiger partial charge >= 0.3 is 7.60 Å². The predicted octanol–water partition coefficient (Wildman–Crippen LogP) is 2.22. The summed E-state index contributed by atoms with van der Waals surface area (Å²) < 4.78 is 11.6. The highest BCUT2D eigenvalue weighted by atomic mass is 31.2. The van der Waals surface area contributed by atoms with Crippen LogP contribution in [0.15, 0.2) is 60.7 Å². The van der Waals surface area contributed by atoms with E-state index < -0.39 is 19.3 Å². The lowest BCUT2D eigenvalue weighted by molar-refractivity contribution is -0.120. The second-order valence-electron chi connectivity index (χ2n) is 4.63. The van der Waals surface area contributed by atoms with Crippen LogP contribution in [-0.2, 0) is 15.8 Å². The van der Waals surface area contributed by atoms with Gasteiger partial charge in [-0.25, -0.2) is 0 Å². The average Bonchev–Trinajstić information content (AvgIpc) is 2.45. The van der Waals surface area contributed by atoms with Crippen LogP contribution in [0.1, 0.15) is 16.9 Å². The fourth-order valence-corrected chi connectivity index (χ4v) is 2.85. The van der Waals surface area contributed by atoms with E-state index in [4.69, 9.17) is 0 Å². The summed E-state index contributed by atoms with van der Waals surface area (Å²) >= 11 is 0. The number of amides is 1. The van der Waals surface area contributed by atoms with E-state index in [9.17, 15) is 19.1 Å². The first kappa shape index (κ1) is 15.4. The Morgan fingerprint density at radius 3 is 2.05 bits per heavy atom. The van der Waals surface area contributed by atoms with Gasteiger partial charge in [0.15, 0.2) is 5.78 Å². The van der Waals surface area contributed by atoms with Crippen molar-refractivity contribution in [1.29, 1.82) is 0 Å². The Bertz CT molecular complexity index is 639. The van der Waals surface area contributed by atoms with Crippen molar-refractivity contribution in [2.24, 2.45) is 0 Å². The zero-order valence-electron chi connectivity index (χ0n) is 11.2. The molecule has 6 heteroatoms. The summed E-state index contributed by atoms with van der Waals surface area (Å²) in [5.41, 5.74) is 1.17. The molecule has 2 aromatic rings. The second kappa shape index (κ2) is 6.68. The Hall–Kier alpha value is -1.94. The minimum atomic E-state index is -4.49. The number of hydrogen-bond donors (Lipinski definition) is 3. The first-order valence-electron chi connectivity index (χ1n) is 6.40. The van der Waals surface area contributed by atoms with Crippen LogP contribution < -0.4 is 5.32 Å². The summed E-state index contributed by atoms with van der Waals surface area (Å²) in [5.74, 6) is -1.76. The monoisotopic (exact) mass is 305 g/mol. The van der Waals surface area contributed by atoms with Gasteiger partial charge < -0.3 is 15.1 Å². The van der Waals surface area contributed by atoms with E-state index in [1.165, 1.54) is 0 Å². The molecule has 0 spiro atoms. The highest BCUT2D eigenvalue weighted by Crippen LogP contribution is 2.49. The quantitative estimate of drug-likeness (QED) is 0.739. The number of carbonyl (C=O) groups excluding carboxylic acids is 1. The number of nitrogens with one attached hydrogen (secondary N) is 1. The van der Waals surface area contributed by atoms with Crippen LogP contribution in [0.25, 0.3) is 0 Å². The maximum absolute atomic E-state index is 12.0. The highest BCUT2D eigenvalue weighted by molar-refractivity contribution is 7.52. The third-order valence-corrected chi connectivity index (χ3v) is 4.06. The molecule has 0 saturated carbocycles. The zero-order valence-corrected chi connectivity index (χ0v) is 12.1. The minimum absolute atomic E-state index is 0.0736. The Morgan fingerprint density at radius 2 is 1.52 bits per heavy atom. The molecule has 2 rings (SSSR count). The van der Waals surface area contributed by atoms with Gasteiger partial charge in [-0.15, -0.1) is 0 Å². The lowest BCUT2D eigenvalue weighted by Crippen LogP contribution is -2.29. The molecule has 0 radical (unpaired) electrons. The maximum Gasteiger partial charge on any atom is 0.352 e. The lowest BCUT2D eigenvalue weighted by atomic mass is 10.1. The molecule has 2 aromatic carbocycles. The largest absolute Gasteiger partial charge is 0.352 e. The third-order valence-electron chi connectivity index (χ3n) is 2.96. The SMILES string of the molecule is O=C(Cc1ccccc1)NC(c1ccccc1)P(=O)(O)O. The highest BCUT2D eigenvalue weighted by Gasteiger charge is 2.31. The fourth-order valence-electron chi connectivity index (χ4n) is 1.98. The van der Waals surface area contributed by atoms with Crippen molar-refractivity contribution in [3.05, 3.63) is 71.8 Å². The van der Waals surface area contributed by atoms with Crippen LogP contribution >= 0.6 is 7.60 Å². The van der Waals surface area contributed by atoms with Crippen molar-refractivity contribution in [2.45, 2.75) is 12.2 Å². The fraction of sp³-hybridized carbons (Fsp3) is 0.133.